The van der Waals surface area contributed by atoms with Gasteiger partial charge in [0.1, 0.15) is 23.0 Å². The van der Waals surface area contributed by atoms with E-state index in [4.69, 9.17) is 13.9 Å². The molecule has 0 saturated heterocycles. The number of halogens is 1. The average Bonchev–Trinajstić information content (AvgIpc) is 3.48. The normalized spacial score (nSPS) is 12.4. The highest BCUT2D eigenvalue weighted by atomic mass is 32.2. The van der Waals surface area contributed by atoms with Gasteiger partial charge in [0.25, 0.3) is 0 Å². The maximum atomic E-state index is 13.1. The van der Waals surface area contributed by atoms with Crippen molar-refractivity contribution in [2.45, 2.75) is 12.8 Å². The molecule has 3 aromatic heterocycles. The van der Waals surface area contributed by atoms with E-state index in [1.165, 1.54) is 25.0 Å². The van der Waals surface area contributed by atoms with Gasteiger partial charge in [-0.25, -0.2) is 22.8 Å². The Balaban J connectivity index is 1.76. The first-order valence-electron chi connectivity index (χ1n) is 10.0. The van der Waals surface area contributed by atoms with E-state index in [1.807, 2.05) is 0 Å². The standard InChI is InChI=1S/C21H21FN6O5S/c1-13(19-23-10-14(22)11-24-19)12-34(29,30)27-21-26-25-20(17-8-5-9-33-17)28(21)18-15(31-2)6-4-7-16(18)32-3/h4-11,13H,12H2,1-3H3,(H,26,27). The lowest BCUT2D eigenvalue weighted by Gasteiger charge is -2.17. The van der Waals surface area contributed by atoms with Gasteiger partial charge < -0.3 is 13.9 Å². The number of hydrogen-bond donors (Lipinski definition) is 1. The summed E-state index contributed by atoms with van der Waals surface area (Å²) in [6, 6.07) is 8.44. The molecule has 0 fully saturated rings. The van der Waals surface area contributed by atoms with E-state index in [9.17, 15) is 12.8 Å². The molecule has 0 amide bonds. The molecule has 1 N–H and O–H groups in total. The second-order valence-electron chi connectivity index (χ2n) is 7.22. The topological polar surface area (TPSA) is 134 Å². The second-order valence-corrected chi connectivity index (χ2v) is 8.98. The first kappa shape index (κ1) is 23.2. The molecule has 4 rings (SSSR count). The number of rotatable bonds is 9. The van der Waals surface area contributed by atoms with Crippen molar-refractivity contribution < 1.29 is 26.7 Å². The summed E-state index contributed by atoms with van der Waals surface area (Å²) in [5, 5.41) is 8.18. The zero-order chi connectivity index (χ0) is 24.3. The van der Waals surface area contributed by atoms with Crippen molar-refractivity contribution in [1.29, 1.82) is 0 Å². The van der Waals surface area contributed by atoms with Gasteiger partial charge >= 0.3 is 0 Å². The van der Waals surface area contributed by atoms with E-state index < -0.39 is 21.8 Å². The highest BCUT2D eigenvalue weighted by molar-refractivity contribution is 7.92. The fraction of sp³-hybridized carbons (Fsp3) is 0.238. The molecule has 0 saturated carbocycles. The number of methoxy groups -OCH3 is 2. The molecule has 1 unspecified atom stereocenters. The van der Waals surface area contributed by atoms with Crippen LogP contribution in [0, 0.1) is 5.82 Å². The van der Waals surface area contributed by atoms with Crippen LogP contribution in [-0.2, 0) is 10.0 Å². The van der Waals surface area contributed by atoms with E-state index in [-0.39, 0.29) is 23.4 Å². The molecule has 34 heavy (non-hydrogen) atoms. The maximum Gasteiger partial charge on any atom is 0.243 e. The number of nitrogens with one attached hydrogen (secondary N) is 1. The number of anilines is 1. The van der Waals surface area contributed by atoms with Crippen molar-refractivity contribution >= 4 is 16.0 Å². The minimum absolute atomic E-state index is 0.110. The molecule has 0 aliphatic carbocycles. The van der Waals surface area contributed by atoms with Crippen LogP contribution in [0.15, 0.2) is 53.4 Å². The number of sulfonamides is 1. The Bertz CT molecular complexity index is 1350. The van der Waals surface area contributed by atoms with Crippen molar-refractivity contribution in [3.8, 4) is 28.8 Å². The molecule has 3 heterocycles. The highest BCUT2D eigenvalue weighted by Gasteiger charge is 2.27. The molecular formula is C21H21FN6O5S. The smallest absolute Gasteiger partial charge is 0.243 e. The van der Waals surface area contributed by atoms with Gasteiger partial charge in [-0.3, -0.25) is 9.29 Å². The third kappa shape index (κ3) is 4.69. The van der Waals surface area contributed by atoms with Crippen LogP contribution in [0.4, 0.5) is 10.3 Å². The van der Waals surface area contributed by atoms with Gasteiger partial charge in [0.15, 0.2) is 11.6 Å². The molecule has 1 atom stereocenters. The van der Waals surface area contributed by atoms with Crippen molar-refractivity contribution in [2.24, 2.45) is 0 Å². The van der Waals surface area contributed by atoms with Gasteiger partial charge in [0, 0.05) is 5.92 Å². The molecule has 0 aliphatic rings. The van der Waals surface area contributed by atoms with Crippen molar-refractivity contribution in [3.05, 3.63) is 60.6 Å². The predicted octanol–water partition coefficient (Wildman–Crippen LogP) is 3.02. The molecule has 11 nitrogen and oxygen atoms in total. The number of ether oxygens (including phenoxy) is 2. The summed E-state index contributed by atoms with van der Waals surface area (Å²) in [5.41, 5.74) is 0.372. The van der Waals surface area contributed by atoms with Gasteiger partial charge in [0.05, 0.1) is 38.6 Å². The van der Waals surface area contributed by atoms with Crippen molar-refractivity contribution in [3.63, 3.8) is 0 Å². The Morgan fingerprint density at radius 2 is 1.76 bits per heavy atom. The number of furan rings is 1. The summed E-state index contributed by atoms with van der Waals surface area (Å²) in [6.07, 6.45) is 3.43. The maximum absolute atomic E-state index is 13.1. The fourth-order valence-electron chi connectivity index (χ4n) is 3.34. The number of para-hydroxylation sites is 1. The van der Waals surface area contributed by atoms with Crippen LogP contribution < -0.4 is 14.2 Å². The Morgan fingerprint density at radius 3 is 2.35 bits per heavy atom. The summed E-state index contributed by atoms with van der Waals surface area (Å²) in [7, 11) is -1.03. The lowest BCUT2D eigenvalue weighted by Crippen LogP contribution is -2.23. The molecule has 1 aromatic carbocycles. The molecule has 178 valence electrons. The minimum atomic E-state index is -3.98. The van der Waals surface area contributed by atoms with Gasteiger partial charge in [-0.1, -0.05) is 13.0 Å². The summed E-state index contributed by atoms with van der Waals surface area (Å²) in [5.74, 6) is -0.191. The first-order chi connectivity index (χ1) is 16.3. The first-order valence-corrected chi connectivity index (χ1v) is 11.7. The Kier molecular flexibility index (Phi) is 6.45. The molecular weight excluding hydrogens is 467 g/mol. The van der Waals surface area contributed by atoms with Crippen molar-refractivity contribution in [2.75, 3.05) is 24.7 Å². The van der Waals surface area contributed by atoms with Gasteiger partial charge in [-0.15, -0.1) is 10.2 Å². The van der Waals surface area contributed by atoms with Gasteiger partial charge in [-0.2, -0.15) is 0 Å². The monoisotopic (exact) mass is 488 g/mol. The van der Waals surface area contributed by atoms with Crippen LogP contribution in [0.25, 0.3) is 17.3 Å². The second kappa shape index (κ2) is 9.47. The largest absolute Gasteiger partial charge is 0.494 e. The minimum Gasteiger partial charge on any atom is -0.494 e. The lowest BCUT2D eigenvalue weighted by molar-refractivity contribution is 0.391. The van der Waals surface area contributed by atoms with E-state index in [0.717, 1.165) is 12.4 Å². The fourth-order valence-corrected chi connectivity index (χ4v) is 4.64. The Hall–Kier alpha value is -4.00. The van der Waals surface area contributed by atoms with Crippen LogP contribution >= 0.6 is 0 Å². The summed E-state index contributed by atoms with van der Waals surface area (Å²) in [4.78, 5) is 7.72. The van der Waals surface area contributed by atoms with E-state index in [0.29, 0.717) is 22.9 Å². The Morgan fingerprint density at radius 1 is 1.09 bits per heavy atom. The van der Waals surface area contributed by atoms with Crippen LogP contribution in [0.3, 0.4) is 0 Å². The quantitative estimate of drug-likeness (QED) is 0.377. The van der Waals surface area contributed by atoms with Gasteiger partial charge in [-0.05, 0) is 24.3 Å². The number of aromatic nitrogens is 5. The molecule has 4 aromatic rings. The third-order valence-corrected chi connectivity index (χ3v) is 6.26. The lowest BCUT2D eigenvalue weighted by atomic mass is 10.2. The zero-order valence-corrected chi connectivity index (χ0v) is 19.3. The summed E-state index contributed by atoms with van der Waals surface area (Å²) < 4.78 is 59.5. The van der Waals surface area contributed by atoms with Crippen LogP contribution in [0.2, 0.25) is 0 Å². The summed E-state index contributed by atoms with van der Waals surface area (Å²) in [6.45, 7) is 1.62. The SMILES string of the molecule is COc1cccc(OC)c1-n1c(NS(=O)(=O)CC(C)c2ncc(F)cn2)nnc1-c1ccco1. The van der Waals surface area contributed by atoms with Gasteiger partial charge in [0.2, 0.25) is 21.8 Å². The predicted molar refractivity (Wildman–Crippen MR) is 120 cm³/mol. The molecule has 0 spiro atoms. The average molecular weight is 489 g/mol. The zero-order valence-electron chi connectivity index (χ0n) is 18.5. The van der Waals surface area contributed by atoms with Crippen LogP contribution in [0.5, 0.6) is 11.5 Å². The summed E-state index contributed by atoms with van der Waals surface area (Å²) >= 11 is 0. The highest BCUT2D eigenvalue weighted by Crippen LogP contribution is 2.37. The number of benzene rings is 1. The van der Waals surface area contributed by atoms with Crippen LogP contribution in [0.1, 0.15) is 18.7 Å². The van der Waals surface area contributed by atoms with Crippen LogP contribution in [-0.4, -0.2) is 53.1 Å². The number of nitrogens with zero attached hydrogens (tertiary/aromatic N) is 5. The van der Waals surface area contributed by atoms with E-state index >= 15 is 0 Å². The van der Waals surface area contributed by atoms with E-state index in [1.54, 1.807) is 37.3 Å². The van der Waals surface area contributed by atoms with E-state index in [2.05, 4.69) is 24.9 Å². The molecule has 0 aliphatic heterocycles. The molecule has 0 radical (unpaired) electrons. The molecule has 13 heteroatoms. The number of hydrogen-bond acceptors (Lipinski definition) is 9. The third-order valence-electron chi connectivity index (χ3n) is 4.83. The Labute approximate surface area is 194 Å². The molecule has 0 bridgehead atoms. The van der Waals surface area contributed by atoms with Crippen molar-refractivity contribution in [1.82, 2.24) is 24.7 Å².